The zero-order chi connectivity index (χ0) is 95.1. The smallest absolute Gasteiger partial charge is 0.293 e. The largest absolute Gasteiger partial charge is 0.456 e. The fourth-order valence-electron chi connectivity index (χ4n) is 11.7. The molecule has 0 spiro atoms. The molecule has 9 rings (SSSR count). The Labute approximate surface area is 741 Å². The number of hydrogen-bond acceptors (Lipinski definition) is 24. The Morgan fingerprint density at radius 2 is 0.653 bits per heavy atom. The van der Waals surface area contributed by atoms with Crippen LogP contribution in [-0.4, -0.2) is 156 Å². The molecule has 684 valence electrons. The van der Waals surface area contributed by atoms with Crippen LogP contribution in [0, 0.1) is 54.1 Å². The average Bonchev–Trinajstić information content (AvgIpc) is 0.934. The molecule has 9 aliphatic rings. The van der Waals surface area contributed by atoms with E-state index in [9.17, 15) is 63.0 Å². The molecule has 24 heteroatoms. The lowest BCUT2D eigenvalue weighted by Gasteiger charge is -2.30. The third-order valence-corrected chi connectivity index (χ3v) is 19.1. The molecule has 0 aromatic carbocycles. The van der Waals surface area contributed by atoms with Crippen LogP contribution in [-0.2, 0) is 62.2 Å². The first-order chi connectivity index (χ1) is 57.0. The highest BCUT2D eigenvalue weighted by atomic mass is 16.5. The lowest BCUT2D eigenvalue weighted by molar-refractivity contribution is -0.148. The summed E-state index contributed by atoms with van der Waals surface area (Å²) in [5.41, 5.74) is 4.18. The Morgan fingerprint density at radius 3 is 0.935 bits per heavy atom. The predicted molar refractivity (Wildman–Crippen MR) is 505 cm³/mol. The van der Waals surface area contributed by atoms with Crippen LogP contribution in [0.1, 0.15) is 310 Å². The van der Waals surface area contributed by atoms with E-state index in [2.05, 4.69) is 57.1 Å². The molecule has 0 unspecified atom stereocenters. The van der Waals surface area contributed by atoms with Gasteiger partial charge in [0.25, 0.3) is 12.9 Å². The molecule has 24 nitrogen and oxygen atoms in total. The Bertz CT molecular complexity index is 4180. The maximum atomic E-state index is 12.2. The van der Waals surface area contributed by atoms with Crippen LogP contribution in [0.3, 0.4) is 0 Å². The minimum Gasteiger partial charge on any atom is -0.456 e. The number of nitrogens with zero attached hydrogens (tertiary/aromatic N) is 9. The van der Waals surface area contributed by atoms with Gasteiger partial charge in [-0.3, -0.25) is 97.7 Å². The van der Waals surface area contributed by atoms with Crippen LogP contribution >= 0.6 is 0 Å². The van der Waals surface area contributed by atoms with Crippen molar-refractivity contribution in [2.24, 2.45) is 99.1 Å². The standard InChI is InChI=1S/C13H21NO.2C12H17NO3.2C11H17NO2.C11H17NO.C11H15NO.C10H15NO.C9H13NO/c1-12(2,3)11(15)13(4,5)9-10-7-6-8-14-10;2*1-12(2,3)11(15)10(16-8-14)7-9-5-4-6-13-9;2*1-11(2,3)10(14)9(13)7-8-5-4-6-12-8;2*1-11(2,3)10(13)7-6-9-5-4-8-12-9;1-10(2,3)9(12)7-8-5-4-6-11-8;1-9(2,3)8(11)7-5-4-6-10-7/h7-8H,6,9H2,1-5H3;2*5-6,8,10H,4,7H2,1-3H3;2*5-6,9,13H,4,7H2,1-3H3;5,8H,4,6-7H2,1-3H3;5-8H,4H2,1-3H3;5-6H,4,7H2,1-3H3;5-6H,4H2,1-3H3/b;;;;;;7-6+;;/t;2*10-;2*9-;;;;/m.0000..../s1. The van der Waals surface area contributed by atoms with Crippen molar-refractivity contribution in [2.45, 2.75) is 334 Å². The fourth-order valence-corrected chi connectivity index (χ4v) is 11.7. The van der Waals surface area contributed by atoms with Crippen LogP contribution in [0.4, 0.5) is 0 Å². The summed E-state index contributed by atoms with van der Waals surface area (Å²) in [5.74, 6) is 0.731. The number of carbonyl (C=O) groups is 11. The topological polar surface area (TPSA) is 358 Å². The van der Waals surface area contributed by atoms with E-state index in [0.717, 1.165) is 116 Å². The third-order valence-electron chi connectivity index (χ3n) is 19.1. The molecule has 2 N–H and O–H groups in total. The Balaban J connectivity index is 0.000000699. The monoisotopic (exact) mass is 1720 g/mol. The maximum absolute atomic E-state index is 12.2. The third kappa shape index (κ3) is 45.8. The quantitative estimate of drug-likeness (QED) is 0.0570. The molecule has 9 heterocycles. The van der Waals surface area contributed by atoms with Gasteiger partial charge in [-0.15, -0.1) is 0 Å². The van der Waals surface area contributed by atoms with Crippen LogP contribution in [0.25, 0.3) is 0 Å². The number of aliphatic hydroxyl groups is 2. The lowest BCUT2D eigenvalue weighted by Crippen LogP contribution is -2.35. The van der Waals surface area contributed by atoms with Gasteiger partial charge in [-0.1, -0.05) is 249 Å². The van der Waals surface area contributed by atoms with Crippen molar-refractivity contribution in [2.75, 3.05) is 0 Å². The molecule has 124 heavy (non-hydrogen) atoms. The lowest BCUT2D eigenvalue weighted by atomic mass is 9.72. The van der Waals surface area contributed by atoms with Crippen LogP contribution in [0.5, 0.6) is 0 Å². The van der Waals surface area contributed by atoms with Gasteiger partial charge in [0.05, 0.1) is 5.70 Å². The van der Waals surface area contributed by atoms with E-state index in [1.54, 1.807) is 43.2 Å². The zero-order valence-electron chi connectivity index (χ0n) is 80.3. The molecule has 9 aliphatic heterocycles. The van der Waals surface area contributed by atoms with Crippen molar-refractivity contribution in [3.05, 3.63) is 118 Å². The van der Waals surface area contributed by atoms with E-state index in [-0.39, 0.29) is 73.0 Å². The first-order valence-electron chi connectivity index (χ1n) is 43.0. The molecular formula is C100H149N9O15. The molecule has 0 aliphatic carbocycles. The van der Waals surface area contributed by atoms with Crippen molar-refractivity contribution in [3.63, 3.8) is 0 Å². The summed E-state index contributed by atoms with van der Waals surface area (Å²) in [6.07, 6.45) is 45.8. The van der Waals surface area contributed by atoms with Crippen molar-refractivity contribution in [3.8, 4) is 0 Å². The molecule has 4 atom stereocenters. The van der Waals surface area contributed by atoms with Gasteiger partial charge in [-0.25, -0.2) is 0 Å². The molecule has 0 bridgehead atoms. The van der Waals surface area contributed by atoms with Gasteiger partial charge in [0.15, 0.2) is 46.9 Å². The predicted octanol–water partition coefficient (Wildman–Crippen LogP) is 20.1. The van der Waals surface area contributed by atoms with E-state index >= 15 is 0 Å². The second-order valence-electron chi connectivity index (χ2n) is 40.9. The minimum absolute atomic E-state index is 0.0809. The van der Waals surface area contributed by atoms with Gasteiger partial charge in [0, 0.05) is 253 Å². The second kappa shape index (κ2) is 51.7. The van der Waals surface area contributed by atoms with Gasteiger partial charge in [-0.05, 0) is 24.6 Å². The molecule has 0 saturated heterocycles. The summed E-state index contributed by atoms with van der Waals surface area (Å²) in [7, 11) is 0. The van der Waals surface area contributed by atoms with Crippen LogP contribution in [0.2, 0.25) is 0 Å². The molecule has 0 fully saturated rings. The van der Waals surface area contributed by atoms with Crippen LogP contribution in [0.15, 0.2) is 163 Å². The SMILES string of the molecule is CC(C)(C)C(=O)/C=C/C1=CCC=N1.CC(C)(C)C(=O)C(C)(C)CC1=CCC=N1.CC(C)(C)C(=O)C1=CCC=N1.CC(C)(C)C(=O)CC1=CCC=N1.CC(C)(C)C(=O)CCC1=CCC=N1.CC(C)(C)C(=O)[C@@H](O)CC1=CCC=N1.CC(C)(C)C(=O)[C@@H](O)CC1=CCC=N1.CC(C)(C)C(=O)[C@H](CC1=CCC=N1)OC=O.CC(C)(C)C(=O)[C@H](CC1=CCC=N1)OC=O. The normalized spacial score (nSPS) is 17.0. The number of ketones is 9. The number of aliphatic hydroxyl groups excluding tert-OH is 2. The van der Waals surface area contributed by atoms with Gasteiger partial charge < -0.3 is 19.7 Å². The highest BCUT2D eigenvalue weighted by Gasteiger charge is 2.38. The van der Waals surface area contributed by atoms with Crippen molar-refractivity contribution < 1.29 is 72.4 Å². The molecular weight excluding hydrogens is 1570 g/mol. The molecule has 0 radical (unpaired) electrons. The molecule has 0 aromatic heterocycles. The highest BCUT2D eigenvalue weighted by Crippen LogP contribution is 2.36. The summed E-state index contributed by atoms with van der Waals surface area (Å²) in [6, 6.07) is 0. The first-order valence-corrected chi connectivity index (χ1v) is 43.0. The average molecular weight is 1720 g/mol. The number of Topliss-reactive ketones (excluding diaryl/α,β-unsaturated/α-hetero) is 8. The molecule has 0 aromatic rings. The summed E-state index contributed by atoms with van der Waals surface area (Å²) in [4.78, 5) is 163. The molecule has 0 amide bonds. The first kappa shape index (κ1) is 112. The van der Waals surface area contributed by atoms with E-state index in [4.69, 9.17) is 9.47 Å². The minimum atomic E-state index is -0.920. The molecule has 0 saturated carbocycles. The van der Waals surface area contributed by atoms with E-state index in [1.165, 1.54) is 0 Å². The number of ether oxygens (including phenoxy) is 2. The summed E-state index contributed by atoms with van der Waals surface area (Å²) >= 11 is 0. The number of allylic oxidation sites excluding steroid dienone is 15. The van der Waals surface area contributed by atoms with Crippen molar-refractivity contribution in [1.82, 2.24) is 0 Å². The zero-order valence-corrected chi connectivity index (χ0v) is 80.3. The summed E-state index contributed by atoms with van der Waals surface area (Å²) < 4.78 is 9.69. The highest BCUT2D eigenvalue weighted by molar-refractivity contribution is 6.01. The van der Waals surface area contributed by atoms with Crippen LogP contribution < -0.4 is 0 Å². The number of aliphatic imine (C=N–C) groups is 9. The maximum Gasteiger partial charge on any atom is 0.293 e. The van der Waals surface area contributed by atoms with E-state index in [0.29, 0.717) is 68.7 Å². The summed E-state index contributed by atoms with van der Waals surface area (Å²) in [6.45, 7) is 55.5. The number of hydrogen-bond donors (Lipinski definition) is 2. The second-order valence-corrected chi connectivity index (χ2v) is 40.9. The Morgan fingerprint density at radius 1 is 0.339 bits per heavy atom. The van der Waals surface area contributed by atoms with E-state index in [1.807, 2.05) is 268 Å². The number of rotatable bonds is 27. The Kier molecular flexibility index (Phi) is 46.8. The Hall–Kier alpha value is -9.68. The van der Waals surface area contributed by atoms with Crippen molar-refractivity contribution >= 4 is 121 Å². The van der Waals surface area contributed by atoms with Crippen molar-refractivity contribution in [1.29, 1.82) is 0 Å². The van der Waals surface area contributed by atoms with Gasteiger partial charge in [0.1, 0.15) is 35.3 Å². The number of carbonyl (C=O) groups excluding carboxylic acids is 11. The summed E-state index contributed by atoms with van der Waals surface area (Å²) in [5, 5.41) is 19.3. The van der Waals surface area contributed by atoms with Gasteiger partial charge >= 0.3 is 0 Å². The van der Waals surface area contributed by atoms with E-state index < -0.39 is 46.1 Å². The van der Waals surface area contributed by atoms with Gasteiger partial charge in [-0.2, -0.15) is 0 Å². The fraction of sp³-hybridized carbons (Fsp3) is 0.600. The van der Waals surface area contributed by atoms with Gasteiger partial charge in [0.2, 0.25) is 0 Å².